The van der Waals surface area contributed by atoms with Crippen molar-refractivity contribution in [3.8, 4) is 5.75 Å². The Morgan fingerprint density at radius 3 is 2.36 bits per heavy atom. The van der Waals surface area contributed by atoms with E-state index in [9.17, 15) is 18.0 Å². The third-order valence-corrected chi connectivity index (χ3v) is 8.68. The first-order valence-electron chi connectivity index (χ1n) is 11.9. The summed E-state index contributed by atoms with van der Waals surface area (Å²) < 4.78 is 43.9. The molecule has 1 N–H and O–H groups in total. The van der Waals surface area contributed by atoms with Crippen molar-refractivity contribution < 1.29 is 32.2 Å². The lowest BCUT2D eigenvalue weighted by Gasteiger charge is -2.26. The molecule has 0 aromatic heterocycles. The molecule has 0 radical (unpaired) electrons. The number of nitrogens with zero attached hydrogens (tertiary/aromatic N) is 1. The van der Waals surface area contributed by atoms with Crippen LogP contribution in [-0.2, 0) is 24.3 Å². The SMILES string of the molecule is COc1ccc(C)cc1NC(=O)[C@@H](OC(=O)c1cc(S(=O)(=O)N2CCOCC2)c(Cl)cc1Cl)c1ccccc1. The van der Waals surface area contributed by atoms with Crippen molar-refractivity contribution in [2.75, 3.05) is 38.7 Å². The Morgan fingerprint density at radius 1 is 1.00 bits per heavy atom. The largest absolute Gasteiger partial charge is 0.495 e. The molecule has 12 heteroatoms. The maximum Gasteiger partial charge on any atom is 0.340 e. The van der Waals surface area contributed by atoms with Crippen molar-refractivity contribution >= 4 is 50.8 Å². The van der Waals surface area contributed by atoms with Gasteiger partial charge in [-0.05, 0) is 36.8 Å². The van der Waals surface area contributed by atoms with Crippen molar-refractivity contribution in [3.63, 3.8) is 0 Å². The third-order valence-electron chi connectivity index (χ3n) is 6.01. The monoisotopic (exact) mass is 592 g/mol. The minimum atomic E-state index is -4.05. The van der Waals surface area contributed by atoms with E-state index in [1.54, 1.807) is 42.5 Å². The third kappa shape index (κ3) is 6.54. The molecule has 3 aromatic carbocycles. The van der Waals surface area contributed by atoms with E-state index < -0.39 is 28.0 Å². The van der Waals surface area contributed by atoms with Crippen molar-refractivity contribution in [3.05, 3.63) is 87.4 Å². The molecule has 0 saturated carbocycles. The molecule has 9 nitrogen and oxygen atoms in total. The summed E-state index contributed by atoms with van der Waals surface area (Å²) in [6.07, 6.45) is -1.39. The molecule has 0 aliphatic carbocycles. The number of morpholine rings is 1. The number of carbonyl (C=O) groups excluding carboxylic acids is 2. The first-order valence-corrected chi connectivity index (χ1v) is 14.1. The van der Waals surface area contributed by atoms with E-state index in [1.807, 2.05) is 13.0 Å². The van der Waals surface area contributed by atoms with Crippen LogP contribution in [0.1, 0.15) is 27.6 Å². The molecule has 39 heavy (non-hydrogen) atoms. The van der Waals surface area contributed by atoms with E-state index in [0.717, 1.165) is 11.6 Å². The molecular formula is C27H26Cl2N2O7S. The van der Waals surface area contributed by atoms with Crippen LogP contribution in [0.3, 0.4) is 0 Å². The number of hydrogen-bond acceptors (Lipinski definition) is 7. The molecule has 0 unspecified atom stereocenters. The number of nitrogens with one attached hydrogen (secondary N) is 1. The highest BCUT2D eigenvalue weighted by atomic mass is 35.5. The fraction of sp³-hybridized carbons (Fsp3) is 0.259. The number of halogens is 2. The number of rotatable bonds is 8. The van der Waals surface area contributed by atoms with E-state index in [0.29, 0.717) is 17.0 Å². The Kier molecular flexibility index (Phi) is 9.14. The molecule has 0 bridgehead atoms. The summed E-state index contributed by atoms with van der Waals surface area (Å²) >= 11 is 12.5. The smallest absolute Gasteiger partial charge is 0.340 e. The minimum Gasteiger partial charge on any atom is -0.495 e. The Labute approximate surface area is 236 Å². The van der Waals surface area contributed by atoms with Gasteiger partial charge >= 0.3 is 5.97 Å². The Balaban J connectivity index is 1.67. The molecular weight excluding hydrogens is 567 g/mol. The van der Waals surface area contributed by atoms with Gasteiger partial charge in [0, 0.05) is 18.7 Å². The van der Waals surface area contributed by atoms with Crippen LogP contribution in [0, 0.1) is 6.92 Å². The molecule has 206 valence electrons. The highest BCUT2D eigenvalue weighted by Crippen LogP contribution is 2.33. The van der Waals surface area contributed by atoms with Crippen LogP contribution >= 0.6 is 23.2 Å². The zero-order valence-electron chi connectivity index (χ0n) is 21.1. The quantitative estimate of drug-likeness (QED) is 0.371. The Bertz CT molecular complexity index is 1480. The van der Waals surface area contributed by atoms with Crippen molar-refractivity contribution in [2.24, 2.45) is 0 Å². The lowest BCUT2D eigenvalue weighted by Crippen LogP contribution is -2.40. The minimum absolute atomic E-state index is 0.126. The van der Waals surface area contributed by atoms with E-state index in [2.05, 4.69) is 5.32 Å². The van der Waals surface area contributed by atoms with E-state index in [-0.39, 0.29) is 46.8 Å². The van der Waals surface area contributed by atoms with Gasteiger partial charge in [0.25, 0.3) is 5.91 Å². The Hall–Kier alpha value is -3.15. The second-order valence-corrected chi connectivity index (χ2v) is 11.4. The van der Waals surface area contributed by atoms with E-state index >= 15 is 0 Å². The summed E-state index contributed by atoms with van der Waals surface area (Å²) in [4.78, 5) is 26.5. The van der Waals surface area contributed by atoms with Crippen LogP contribution in [0.5, 0.6) is 5.75 Å². The maximum absolute atomic E-state index is 13.4. The first-order chi connectivity index (χ1) is 18.6. The van der Waals surface area contributed by atoms with Crippen molar-refractivity contribution in [1.82, 2.24) is 4.31 Å². The Morgan fingerprint density at radius 2 is 1.69 bits per heavy atom. The van der Waals surface area contributed by atoms with Crippen molar-refractivity contribution in [2.45, 2.75) is 17.9 Å². The summed E-state index contributed by atoms with van der Waals surface area (Å²) in [7, 11) is -2.58. The number of benzene rings is 3. The summed E-state index contributed by atoms with van der Waals surface area (Å²) in [5, 5.41) is 2.48. The number of hydrogen-bond donors (Lipinski definition) is 1. The van der Waals surface area contributed by atoms with Gasteiger partial charge in [-0.15, -0.1) is 0 Å². The van der Waals surface area contributed by atoms with E-state index in [4.69, 9.17) is 37.4 Å². The molecule has 1 amide bonds. The number of methoxy groups -OCH3 is 1. The zero-order valence-corrected chi connectivity index (χ0v) is 23.5. The number of anilines is 1. The summed E-state index contributed by atoms with van der Waals surface area (Å²) in [5.74, 6) is -1.23. The predicted molar refractivity (Wildman–Crippen MR) is 147 cm³/mol. The highest BCUT2D eigenvalue weighted by molar-refractivity contribution is 7.89. The van der Waals surface area contributed by atoms with Crippen LogP contribution in [-0.4, -0.2) is 58.0 Å². The second-order valence-electron chi connectivity index (χ2n) is 8.67. The zero-order chi connectivity index (χ0) is 28.2. The normalized spacial score (nSPS) is 14.9. The highest BCUT2D eigenvalue weighted by Gasteiger charge is 2.32. The molecule has 3 aromatic rings. The average molecular weight is 593 g/mol. The lowest BCUT2D eigenvalue weighted by atomic mass is 10.1. The molecule has 1 fully saturated rings. The van der Waals surface area contributed by atoms with Gasteiger partial charge in [0.1, 0.15) is 10.6 Å². The molecule has 1 saturated heterocycles. The molecule has 0 spiro atoms. The van der Waals surface area contributed by atoms with Crippen molar-refractivity contribution in [1.29, 1.82) is 0 Å². The number of esters is 1. The number of carbonyl (C=O) groups is 2. The average Bonchev–Trinajstić information content (AvgIpc) is 2.92. The van der Waals surface area contributed by atoms with E-state index in [1.165, 1.54) is 17.5 Å². The summed E-state index contributed by atoms with van der Waals surface area (Å²) in [5.41, 5.74) is 1.40. The van der Waals surface area contributed by atoms with Gasteiger partial charge in [0.05, 0.1) is 41.6 Å². The van der Waals surface area contributed by atoms with Gasteiger partial charge < -0.3 is 19.5 Å². The second kappa shape index (κ2) is 12.4. The summed E-state index contributed by atoms with van der Waals surface area (Å²) in [6.45, 7) is 2.60. The molecule has 1 heterocycles. The standard InChI is InChI=1S/C27H26Cl2N2O7S/c1-17-8-9-23(36-2)22(14-17)30-26(32)25(18-6-4-3-5-7-18)38-27(33)19-15-24(21(29)16-20(19)28)39(34,35)31-10-12-37-13-11-31/h3-9,14-16,25H,10-13H2,1-2H3,(H,30,32)/t25-/m0/s1. The van der Waals surface area contributed by atoms with Gasteiger partial charge in [-0.3, -0.25) is 4.79 Å². The number of amides is 1. The van der Waals surface area contributed by atoms with Crippen LogP contribution in [0.4, 0.5) is 5.69 Å². The number of ether oxygens (including phenoxy) is 3. The van der Waals surface area contributed by atoms with Crippen LogP contribution < -0.4 is 10.1 Å². The van der Waals surface area contributed by atoms with Crippen LogP contribution in [0.25, 0.3) is 0 Å². The fourth-order valence-corrected chi connectivity index (χ4v) is 6.23. The number of aryl methyl sites for hydroxylation is 1. The summed E-state index contributed by atoms with van der Waals surface area (Å²) in [6, 6.07) is 15.9. The maximum atomic E-state index is 13.4. The van der Waals surface area contributed by atoms with Gasteiger partial charge in [-0.1, -0.05) is 59.6 Å². The molecule has 1 aliphatic rings. The van der Waals surface area contributed by atoms with Crippen LogP contribution in [0.15, 0.2) is 65.6 Å². The lowest BCUT2D eigenvalue weighted by molar-refractivity contribution is -0.125. The molecule has 1 aliphatic heterocycles. The van der Waals surface area contributed by atoms with Gasteiger partial charge in [-0.2, -0.15) is 4.31 Å². The topological polar surface area (TPSA) is 111 Å². The predicted octanol–water partition coefficient (Wildman–Crippen LogP) is 4.87. The first kappa shape index (κ1) is 28.8. The van der Waals surface area contributed by atoms with Crippen LogP contribution in [0.2, 0.25) is 10.0 Å². The van der Waals surface area contributed by atoms with Gasteiger partial charge in [0.15, 0.2) is 0 Å². The van der Waals surface area contributed by atoms with Gasteiger partial charge in [0.2, 0.25) is 16.1 Å². The fourth-order valence-electron chi connectivity index (χ4n) is 4.00. The van der Waals surface area contributed by atoms with Gasteiger partial charge in [-0.25, -0.2) is 13.2 Å². The molecule has 4 rings (SSSR count). The number of sulfonamides is 1. The molecule has 1 atom stereocenters.